The number of hydrogen-bond donors (Lipinski definition) is 2. The molecule has 0 radical (unpaired) electrons. The van der Waals surface area contributed by atoms with Crippen LogP contribution in [-0.4, -0.2) is 55.0 Å². The number of carbonyl (C=O) groups is 2. The topological polar surface area (TPSA) is 83.6 Å². The molecule has 1 aliphatic rings. The van der Waals surface area contributed by atoms with Crippen LogP contribution >= 0.6 is 0 Å². The van der Waals surface area contributed by atoms with Gasteiger partial charge in [0.2, 0.25) is 5.91 Å². The van der Waals surface area contributed by atoms with Crippen LogP contribution < -0.4 is 15.4 Å². The summed E-state index contributed by atoms with van der Waals surface area (Å²) in [6, 6.07) is 1.93. The number of likely N-dealkylation sites (tertiary alicyclic amines) is 1. The van der Waals surface area contributed by atoms with Crippen LogP contribution in [0, 0.1) is 0 Å². The predicted molar refractivity (Wildman–Crippen MR) is 86.3 cm³/mol. The van der Waals surface area contributed by atoms with Gasteiger partial charge in [-0.2, -0.15) is 0 Å². The Labute approximate surface area is 136 Å². The van der Waals surface area contributed by atoms with Crippen molar-refractivity contribution in [1.29, 1.82) is 0 Å². The highest BCUT2D eigenvalue weighted by Gasteiger charge is 2.21. The first-order chi connectivity index (χ1) is 11.0. The Hall–Kier alpha value is -2.15. The van der Waals surface area contributed by atoms with Crippen molar-refractivity contribution in [1.82, 2.24) is 20.5 Å². The van der Waals surface area contributed by atoms with E-state index in [0.717, 1.165) is 38.0 Å². The molecule has 0 aliphatic carbocycles. The summed E-state index contributed by atoms with van der Waals surface area (Å²) >= 11 is 0. The molecule has 2 rings (SSSR count). The lowest BCUT2D eigenvalue weighted by atomic mass is 10.0. The highest BCUT2D eigenvalue weighted by atomic mass is 16.5. The maximum absolute atomic E-state index is 11.6. The van der Waals surface area contributed by atoms with Crippen LogP contribution in [0.1, 0.15) is 35.8 Å². The Kier molecular flexibility index (Phi) is 5.92. The molecule has 0 aromatic carbocycles. The van der Waals surface area contributed by atoms with Gasteiger partial charge in [0.05, 0.1) is 7.11 Å². The fourth-order valence-corrected chi connectivity index (χ4v) is 2.79. The van der Waals surface area contributed by atoms with Gasteiger partial charge in [-0.3, -0.25) is 19.5 Å². The van der Waals surface area contributed by atoms with Gasteiger partial charge in [-0.1, -0.05) is 0 Å². The van der Waals surface area contributed by atoms with Crippen molar-refractivity contribution in [2.24, 2.45) is 0 Å². The van der Waals surface area contributed by atoms with Gasteiger partial charge in [0.15, 0.2) is 0 Å². The Bertz CT molecular complexity index is 568. The number of pyridine rings is 1. The molecule has 2 amide bonds. The molecule has 7 heteroatoms. The average Bonchev–Trinajstić information content (AvgIpc) is 2.55. The maximum atomic E-state index is 11.6. The molecule has 0 spiro atoms. The van der Waals surface area contributed by atoms with Gasteiger partial charge in [0.25, 0.3) is 5.91 Å². The molecule has 2 heterocycles. The van der Waals surface area contributed by atoms with Crippen molar-refractivity contribution in [2.45, 2.75) is 32.4 Å². The molecule has 1 aromatic rings. The Morgan fingerprint density at radius 1 is 1.39 bits per heavy atom. The van der Waals surface area contributed by atoms with Crippen LogP contribution in [0.5, 0.6) is 5.75 Å². The number of rotatable bonds is 5. The fourth-order valence-electron chi connectivity index (χ4n) is 2.79. The van der Waals surface area contributed by atoms with Crippen molar-refractivity contribution in [3.8, 4) is 5.75 Å². The molecule has 0 bridgehead atoms. The summed E-state index contributed by atoms with van der Waals surface area (Å²) < 4.78 is 5.39. The summed E-state index contributed by atoms with van der Waals surface area (Å²) in [7, 11) is 3.17. The number of carbonyl (C=O) groups excluding carboxylic acids is 2. The minimum Gasteiger partial charge on any atom is -0.496 e. The maximum Gasteiger partial charge on any atom is 0.269 e. The molecule has 0 saturated carbocycles. The summed E-state index contributed by atoms with van der Waals surface area (Å²) in [5.41, 5.74) is 1.30. The average molecular weight is 320 g/mol. The van der Waals surface area contributed by atoms with Gasteiger partial charge in [-0.25, -0.2) is 0 Å². The Morgan fingerprint density at radius 2 is 2.09 bits per heavy atom. The number of methoxy groups -OCH3 is 1. The number of nitrogens with one attached hydrogen (secondary N) is 2. The first-order valence-electron chi connectivity index (χ1n) is 7.78. The summed E-state index contributed by atoms with van der Waals surface area (Å²) in [5, 5.41) is 5.52. The van der Waals surface area contributed by atoms with Gasteiger partial charge in [0, 0.05) is 57.5 Å². The molecule has 7 nitrogen and oxygen atoms in total. The number of aromatic nitrogens is 1. The number of piperidine rings is 1. The van der Waals surface area contributed by atoms with E-state index < -0.39 is 0 Å². The van der Waals surface area contributed by atoms with Crippen LogP contribution in [0.2, 0.25) is 0 Å². The predicted octanol–water partition coefficient (Wildman–Crippen LogP) is 0.550. The van der Waals surface area contributed by atoms with Gasteiger partial charge in [-0.15, -0.1) is 0 Å². The summed E-state index contributed by atoms with van der Waals surface area (Å²) in [6.07, 6.45) is 3.57. The second kappa shape index (κ2) is 7.92. The molecule has 1 fully saturated rings. The standard InChI is InChI=1S/C16H24N4O3/c1-11(21)19-13-4-6-20(7-5-13)10-12-9-18-14(16(22)17-2)8-15(12)23-3/h8-9,13H,4-7,10H2,1-3H3,(H,17,22)(H,19,21). The molecule has 1 aliphatic heterocycles. The van der Waals surface area contributed by atoms with E-state index in [1.54, 1.807) is 33.3 Å². The summed E-state index contributed by atoms with van der Waals surface area (Å²) in [4.78, 5) is 29.2. The largest absolute Gasteiger partial charge is 0.496 e. The Balaban J connectivity index is 1.98. The monoisotopic (exact) mass is 320 g/mol. The van der Waals surface area contributed by atoms with Crippen LogP contribution in [-0.2, 0) is 11.3 Å². The third-order valence-electron chi connectivity index (χ3n) is 4.01. The minimum atomic E-state index is -0.231. The smallest absolute Gasteiger partial charge is 0.269 e. The lowest BCUT2D eigenvalue weighted by Crippen LogP contribution is -2.43. The van der Waals surface area contributed by atoms with Gasteiger partial charge >= 0.3 is 0 Å². The van der Waals surface area contributed by atoms with Crippen LogP contribution in [0.4, 0.5) is 0 Å². The number of nitrogens with zero attached hydrogens (tertiary/aromatic N) is 2. The van der Waals surface area contributed by atoms with Gasteiger partial charge in [0.1, 0.15) is 11.4 Å². The van der Waals surface area contributed by atoms with E-state index in [0.29, 0.717) is 11.4 Å². The number of amides is 2. The van der Waals surface area contributed by atoms with Crippen molar-refractivity contribution in [3.05, 3.63) is 23.5 Å². The third kappa shape index (κ3) is 4.66. The van der Waals surface area contributed by atoms with Crippen LogP contribution in [0.15, 0.2) is 12.3 Å². The normalized spacial score (nSPS) is 16.0. The molecule has 23 heavy (non-hydrogen) atoms. The molecule has 0 atom stereocenters. The van der Waals surface area contributed by atoms with Crippen molar-refractivity contribution >= 4 is 11.8 Å². The molecule has 1 aromatic heterocycles. The molecular weight excluding hydrogens is 296 g/mol. The van der Waals surface area contributed by atoms with E-state index in [4.69, 9.17) is 4.74 Å². The van der Waals surface area contributed by atoms with E-state index in [1.165, 1.54) is 0 Å². The van der Waals surface area contributed by atoms with E-state index in [2.05, 4.69) is 20.5 Å². The molecule has 0 unspecified atom stereocenters. The van der Waals surface area contributed by atoms with Gasteiger partial charge in [-0.05, 0) is 12.8 Å². The SMILES string of the molecule is CNC(=O)c1cc(OC)c(CN2CCC(NC(C)=O)CC2)cn1. The van der Waals surface area contributed by atoms with E-state index in [1.807, 2.05) is 0 Å². The fraction of sp³-hybridized carbons (Fsp3) is 0.562. The quantitative estimate of drug-likeness (QED) is 0.828. The summed E-state index contributed by atoms with van der Waals surface area (Å²) in [5.74, 6) is 0.465. The van der Waals surface area contributed by atoms with E-state index >= 15 is 0 Å². The second-order valence-corrected chi connectivity index (χ2v) is 5.71. The first kappa shape index (κ1) is 17.2. The molecule has 1 saturated heterocycles. The Morgan fingerprint density at radius 3 is 2.65 bits per heavy atom. The zero-order valence-electron chi connectivity index (χ0n) is 13.9. The van der Waals surface area contributed by atoms with Gasteiger partial charge < -0.3 is 15.4 Å². The van der Waals surface area contributed by atoms with Crippen molar-refractivity contribution in [2.75, 3.05) is 27.2 Å². The van der Waals surface area contributed by atoms with Crippen molar-refractivity contribution in [3.63, 3.8) is 0 Å². The lowest BCUT2D eigenvalue weighted by molar-refractivity contribution is -0.119. The molecule has 126 valence electrons. The highest BCUT2D eigenvalue weighted by Crippen LogP contribution is 2.22. The minimum absolute atomic E-state index is 0.0270. The molecule has 2 N–H and O–H groups in total. The number of ether oxygens (including phenoxy) is 1. The van der Waals surface area contributed by atoms with E-state index in [9.17, 15) is 9.59 Å². The number of hydrogen-bond acceptors (Lipinski definition) is 5. The second-order valence-electron chi connectivity index (χ2n) is 5.71. The third-order valence-corrected chi connectivity index (χ3v) is 4.01. The van der Waals surface area contributed by atoms with Crippen LogP contribution in [0.3, 0.4) is 0 Å². The lowest BCUT2D eigenvalue weighted by Gasteiger charge is -2.32. The van der Waals surface area contributed by atoms with E-state index in [-0.39, 0.29) is 17.9 Å². The van der Waals surface area contributed by atoms with Crippen molar-refractivity contribution < 1.29 is 14.3 Å². The highest BCUT2D eigenvalue weighted by molar-refractivity contribution is 5.92. The zero-order chi connectivity index (χ0) is 16.8. The summed E-state index contributed by atoms with van der Waals surface area (Å²) in [6.45, 7) is 4.09. The van der Waals surface area contributed by atoms with Crippen LogP contribution in [0.25, 0.3) is 0 Å². The first-order valence-corrected chi connectivity index (χ1v) is 7.78. The zero-order valence-corrected chi connectivity index (χ0v) is 13.9. The molecular formula is C16H24N4O3.